The number of rotatable bonds is 6. The van der Waals surface area contributed by atoms with Crippen LogP contribution in [0.4, 0.5) is 0 Å². The first kappa shape index (κ1) is 18.4. The van der Waals surface area contributed by atoms with Gasteiger partial charge >= 0.3 is 0 Å². The summed E-state index contributed by atoms with van der Waals surface area (Å²) < 4.78 is 27.1. The number of hydrogen-bond donors (Lipinski definition) is 1. The molecule has 2 aromatic carbocycles. The van der Waals surface area contributed by atoms with Gasteiger partial charge in [0.15, 0.2) is 23.0 Å². The van der Waals surface area contributed by atoms with E-state index >= 15 is 0 Å². The van der Waals surface area contributed by atoms with Gasteiger partial charge in [-0.3, -0.25) is 4.79 Å². The molecule has 0 bridgehead atoms. The van der Waals surface area contributed by atoms with E-state index in [9.17, 15) is 4.79 Å². The Morgan fingerprint density at radius 1 is 1.07 bits per heavy atom. The molecule has 142 valence electrons. The van der Waals surface area contributed by atoms with Gasteiger partial charge in [-0.2, -0.15) is 5.10 Å². The number of carbonyl (C=O) groups excluding carboxylic acids is 1. The molecule has 1 N–H and O–H groups in total. The summed E-state index contributed by atoms with van der Waals surface area (Å²) in [6, 6.07) is 10.6. The standard InChI is InChI=1S/C19H20N2O6/c1-23-15-9-8-12(17(24-2)18(15)25-3)10-20-21-19(22)16-11-26-13-6-4-5-7-14(13)27-16/h4-10,16H,11H2,1-3H3,(H,21,22)/b20-10-/t16-/m1/s1. The van der Waals surface area contributed by atoms with Crippen molar-refractivity contribution in [3.8, 4) is 28.7 Å². The normalized spacial score (nSPS) is 15.3. The quantitative estimate of drug-likeness (QED) is 0.616. The monoisotopic (exact) mass is 372 g/mol. The van der Waals surface area contributed by atoms with Crippen LogP contribution in [-0.2, 0) is 4.79 Å². The molecular weight excluding hydrogens is 352 g/mol. The minimum Gasteiger partial charge on any atom is -0.493 e. The van der Waals surface area contributed by atoms with Crippen LogP contribution in [0.2, 0.25) is 0 Å². The van der Waals surface area contributed by atoms with Crippen LogP contribution in [0.3, 0.4) is 0 Å². The predicted molar refractivity (Wildman–Crippen MR) is 98.2 cm³/mol. The van der Waals surface area contributed by atoms with Gasteiger partial charge in [-0.25, -0.2) is 5.43 Å². The third-order valence-corrected chi connectivity index (χ3v) is 3.91. The summed E-state index contributed by atoms with van der Waals surface area (Å²) in [7, 11) is 4.56. The molecule has 0 spiro atoms. The number of hydrazone groups is 1. The van der Waals surface area contributed by atoms with E-state index in [1.165, 1.54) is 27.5 Å². The largest absolute Gasteiger partial charge is 0.493 e. The first-order valence-corrected chi connectivity index (χ1v) is 8.18. The lowest BCUT2D eigenvalue weighted by atomic mass is 10.2. The zero-order valence-corrected chi connectivity index (χ0v) is 15.2. The third-order valence-electron chi connectivity index (χ3n) is 3.91. The van der Waals surface area contributed by atoms with Crippen LogP contribution >= 0.6 is 0 Å². The molecule has 0 aromatic heterocycles. The van der Waals surface area contributed by atoms with Crippen LogP contribution in [0.15, 0.2) is 41.5 Å². The molecule has 2 aromatic rings. The number of para-hydroxylation sites is 2. The van der Waals surface area contributed by atoms with E-state index in [2.05, 4.69) is 10.5 Å². The molecule has 27 heavy (non-hydrogen) atoms. The molecule has 1 aliphatic heterocycles. The summed E-state index contributed by atoms with van der Waals surface area (Å²) in [6.45, 7) is 0.109. The van der Waals surface area contributed by atoms with Gasteiger partial charge in [0, 0.05) is 5.56 Å². The molecule has 1 amide bonds. The fraction of sp³-hybridized carbons (Fsp3) is 0.263. The van der Waals surface area contributed by atoms with E-state index in [0.29, 0.717) is 34.3 Å². The van der Waals surface area contributed by atoms with Crippen molar-refractivity contribution >= 4 is 12.1 Å². The topological polar surface area (TPSA) is 87.6 Å². The van der Waals surface area contributed by atoms with Crippen LogP contribution < -0.4 is 29.1 Å². The van der Waals surface area contributed by atoms with E-state index in [1.807, 2.05) is 12.1 Å². The smallest absolute Gasteiger partial charge is 0.284 e. The Labute approximate surface area is 156 Å². The van der Waals surface area contributed by atoms with Crippen molar-refractivity contribution < 1.29 is 28.5 Å². The van der Waals surface area contributed by atoms with E-state index in [1.54, 1.807) is 24.3 Å². The zero-order chi connectivity index (χ0) is 19.2. The fourth-order valence-electron chi connectivity index (χ4n) is 2.61. The maximum atomic E-state index is 12.3. The Balaban J connectivity index is 1.68. The second kappa shape index (κ2) is 8.31. The average Bonchev–Trinajstić information content (AvgIpc) is 2.72. The highest BCUT2D eigenvalue weighted by molar-refractivity contribution is 5.88. The van der Waals surface area contributed by atoms with Gasteiger partial charge in [-0.05, 0) is 24.3 Å². The highest BCUT2D eigenvalue weighted by Gasteiger charge is 2.27. The maximum Gasteiger partial charge on any atom is 0.284 e. The molecule has 1 atom stereocenters. The molecule has 0 radical (unpaired) electrons. The molecule has 8 nitrogen and oxygen atoms in total. The van der Waals surface area contributed by atoms with Gasteiger partial charge < -0.3 is 23.7 Å². The van der Waals surface area contributed by atoms with Crippen molar-refractivity contribution in [2.24, 2.45) is 5.10 Å². The highest BCUT2D eigenvalue weighted by Crippen LogP contribution is 2.39. The Bertz CT molecular complexity index is 852. The molecule has 1 heterocycles. The van der Waals surface area contributed by atoms with Crippen molar-refractivity contribution in [2.75, 3.05) is 27.9 Å². The van der Waals surface area contributed by atoms with Crippen LogP contribution in [0, 0.1) is 0 Å². The lowest BCUT2D eigenvalue weighted by Gasteiger charge is -2.24. The molecule has 0 saturated carbocycles. The fourth-order valence-corrected chi connectivity index (χ4v) is 2.61. The minimum atomic E-state index is -0.788. The van der Waals surface area contributed by atoms with Crippen molar-refractivity contribution in [3.63, 3.8) is 0 Å². The number of fused-ring (bicyclic) bond motifs is 1. The summed E-state index contributed by atoms with van der Waals surface area (Å²) in [5.41, 5.74) is 3.06. The van der Waals surface area contributed by atoms with Gasteiger partial charge in [0.25, 0.3) is 5.91 Å². The molecule has 3 rings (SSSR count). The first-order valence-electron chi connectivity index (χ1n) is 8.18. The Kier molecular flexibility index (Phi) is 5.65. The van der Waals surface area contributed by atoms with E-state index in [0.717, 1.165) is 0 Å². The number of methoxy groups -OCH3 is 3. The maximum absolute atomic E-state index is 12.3. The Morgan fingerprint density at radius 3 is 2.52 bits per heavy atom. The molecule has 0 fully saturated rings. The second-order valence-corrected chi connectivity index (χ2v) is 5.52. The predicted octanol–water partition coefficient (Wildman–Crippen LogP) is 2.00. The summed E-state index contributed by atoms with van der Waals surface area (Å²) in [5.74, 6) is 2.13. The first-order chi connectivity index (χ1) is 13.2. The van der Waals surface area contributed by atoms with E-state index in [4.69, 9.17) is 23.7 Å². The van der Waals surface area contributed by atoms with E-state index < -0.39 is 12.0 Å². The SMILES string of the molecule is COc1ccc(/C=N\NC(=O)[C@H]2COc3ccccc3O2)c(OC)c1OC. The van der Waals surface area contributed by atoms with Gasteiger partial charge in [-0.15, -0.1) is 0 Å². The van der Waals surface area contributed by atoms with Crippen molar-refractivity contribution in [1.29, 1.82) is 0 Å². The molecular formula is C19H20N2O6. The lowest BCUT2D eigenvalue weighted by Crippen LogP contribution is -2.42. The van der Waals surface area contributed by atoms with Crippen LogP contribution in [0.25, 0.3) is 0 Å². The van der Waals surface area contributed by atoms with Gasteiger partial charge in [0.05, 0.1) is 27.5 Å². The molecule has 1 aliphatic rings. The van der Waals surface area contributed by atoms with Crippen LogP contribution in [0.1, 0.15) is 5.56 Å². The minimum absolute atomic E-state index is 0.109. The number of nitrogens with one attached hydrogen (secondary N) is 1. The van der Waals surface area contributed by atoms with Crippen molar-refractivity contribution in [3.05, 3.63) is 42.0 Å². The number of carbonyl (C=O) groups is 1. The zero-order valence-electron chi connectivity index (χ0n) is 15.2. The Hall–Kier alpha value is -3.42. The molecule has 0 aliphatic carbocycles. The summed E-state index contributed by atoms with van der Waals surface area (Å²) >= 11 is 0. The van der Waals surface area contributed by atoms with Gasteiger partial charge in [0.2, 0.25) is 11.9 Å². The van der Waals surface area contributed by atoms with Crippen molar-refractivity contribution in [2.45, 2.75) is 6.10 Å². The Morgan fingerprint density at radius 2 is 1.81 bits per heavy atom. The summed E-state index contributed by atoms with van der Waals surface area (Å²) in [5, 5.41) is 3.98. The highest BCUT2D eigenvalue weighted by atomic mass is 16.6. The van der Waals surface area contributed by atoms with E-state index in [-0.39, 0.29) is 6.61 Å². The number of amides is 1. The summed E-state index contributed by atoms with van der Waals surface area (Å²) in [4.78, 5) is 12.3. The van der Waals surface area contributed by atoms with Crippen molar-refractivity contribution in [1.82, 2.24) is 5.43 Å². The number of benzene rings is 2. The third kappa shape index (κ3) is 3.89. The second-order valence-electron chi connectivity index (χ2n) is 5.52. The molecule has 8 heteroatoms. The average molecular weight is 372 g/mol. The van der Waals surface area contributed by atoms with Crippen LogP contribution in [-0.4, -0.2) is 46.2 Å². The summed E-state index contributed by atoms with van der Waals surface area (Å²) in [6.07, 6.45) is 0.667. The number of ether oxygens (including phenoxy) is 5. The number of hydrogen-bond acceptors (Lipinski definition) is 7. The lowest BCUT2D eigenvalue weighted by molar-refractivity contribution is -0.130. The van der Waals surface area contributed by atoms with Gasteiger partial charge in [-0.1, -0.05) is 12.1 Å². The van der Waals surface area contributed by atoms with Crippen LogP contribution in [0.5, 0.6) is 28.7 Å². The number of nitrogens with zero attached hydrogens (tertiary/aromatic N) is 1. The molecule has 0 saturated heterocycles. The van der Waals surface area contributed by atoms with Gasteiger partial charge in [0.1, 0.15) is 6.61 Å². The molecule has 0 unspecified atom stereocenters.